The lowest BCUT2D eigenvalue weighted by Crippen LogP contribution is -2.47. The molecule has 1 aromatic heterocycles. The quantitative estimate of drug-likeness (QED) is 0.926. The normalized spacial score (nSPS) is 27.9. The molecule has 2 aliphatic rings. The van der Waals surface area contributed by atoms with Gasteiger partial charge in [0, 0.05) is 24.9 Å². The molecule has 1 aromatic rings. The monoisotopic (exact) mass is 291 g/mol. The highest BCUT2D eigenvalue weighted by Gasteiger charge is 2.44. The van der Waals surface area contributed by atoms with E-state index in [4.69, 9.17) is 9.52 Å². The van der Waals surface area contributed by atoms with E-state index in [0.717, 1.165) is 31.4 Å². The lowest BCUT2D eigenvalue weighted by atomic mass is 9.88. The lowest BCUT2D eigenvalue weighted by Gasteiger charge is -2.38. The van der Waals surface area contributed by atoms with Crippen LogP contribution in [-0.2, 0) is 11.2 Å². The van der Waals surface area contributed by atoms with E-state index in [9.17, 15) is 9.59 Å². The maximum absolute atomic E-state index is 12.8. The third kappa shape index (κ3) is 2.57. The Labute approximate surface area is 123 Å². The van der Waals surface area contributed by atoms with Gasteiger partial charge in [-0.05, 0) is 37.7 Å². The summed E-state index contributed by atoms with van der Waals surface area (Å²) in [7, 11) is 0. The predicted molar refractivity (Wildman–Crippen MR) is 76.0 cm³/mol. The molecular formula is C16H21NO4. The van der Waals surface area contributed by atoms with E-state index in [-0.39, 0.29) is 30.3 Å². The lowest BCUT2D eigenvalue weighted by molar-refractivity contribution is -0.138. The van der Waals surface area contributed by atoms with Crippen molar-refractivity contribution in [2.75, 3.05) is 0 Å². The number of carbonyl (C=O) groups is 2. The molecule has 21 heavy (non-hydrogen) atoms. The Hall–Kier alpha value is -1.78. The van der Waals surface area contributed by atoms with Crippen molar-refractivity contribution in [3.8, 4) is 0 Å². The van der Waals surface area contributed by atoms with Gasteiger partial charge in [-0.15, -0.1) is 0 Å². The van der Waals surface area contributed by atoms with Crippen molar-refractivity contribution in [3.63, 3.8) is 0 Å². The molecule has 0 aliphatic carbocycles. The Kier molecular flexibility index (Phi) is 3.74. The highest BCUT2D eigenvalue weighted by molar-refractivity contribution is 5.95. The first-order valence-electron chi connectivity index (χ1n) is 7.71. The summed E-state index contributed by atoms with van der Waals surface area (Å²) >= 11 is 0. The van der Waals surface area contributed by atoms with E-state index in [1.54, 1.807) is 12.3 Å². The van der Waals surface area contributed by atoms with Gasteiger partial charge in [-0.25, -0.2) is 0 Å². The number of carboxylic acid groups (broad SMARTS) is 1. The fraction of sp³-hybridized carbons (Fsp3) is 0.625. The number of hydrogen-bond donors (Lipinski definition) is 1. The van der Waals surface area contributed by atoms with Crippen LogP contribution in [0.5, 0.6) is 0 Å². The topological polar surface area (TPSA) is 70.8 Å². The zero-order valence-electron chi connectivity index (χ0n) is 12.2. The number of aryl methyl sites for hydroxylation is 1. The number of rotatable bonds is 4. The fourth-order valence-electron chi connectivity index (χ4n) is 3.98. The number of furan rings is 1. The minimum Gasteiger partial charge on any atom is -0.481 e. The Balaban J connectivity index is 1.76. The van der Waals surface area contributed by atoms with Crippen molar-refractivity contribution in [1.82, 2.24) is 4.90 Å². The number of carbonyl (C=O) groups excluding carboxylic acids is 1. The van der Waals surface area contributed by atoms with Crippen LogP contribution >= 0.6 is 0 Å². The van der Waals surface area contributed by atoms with Crippen molar-refractivity contribution in [3.05, 3.63) is 23.7 Å². The van der Waals surface area contributed by atoms with Crippen LogP contribution in [0.2, 0.25) is 0 Å². The molecule has 2 fully saturated rings. The Bertz CT molecular complexity index is 536. The van der Waals surface area contributed by atoms with E-state index < -0.39 is 5.97 Å². The van der Waals surface area contributed by atoms with Crippen molar-refractivity contribution in [1.29, 1.82) is 0 Å². The summed E-state index contributed by atoms with van der Waals surface area (Å²) in [4.78, 5) is 25.7. The standard InChI is InChI=1S/C16H21NO4/c1-2-14-13(5-6-21-14)16(20)17-11-3-4-12(17)8-10(7-11)9-15(18)19/h5-6,10-12H,2-4,7-9H2,1H3,(H,18,19). The highest BCUT2D eigenvalue weighted by atomic mass is 16.4. The first kappa shape index (κ1) is 14.2. The number of carboxylic acids is 1. The Morgan fingerprint density at radius 2 is 2.00 bits per heavy atom. The van der Waals surface area contributed by atoms with Crippen molar-refractivity contribution in [2.24, 2.45) is 5.92 Å². The van der Waals surface area contributed by atoms with E-state index in [2.05, 4.69) is 0 Å². The van der Waals surface area contributed by atoms with Crippen LogP contribution < -0.4 is 0 Å². The van der Waals surface area contributed by atoms with Gasteiger partial charge in [-0.1, -0.05) is 6.92 Å². The smallest absolute Gasteiger partial charge is 0.303 e. The summed E-state index contributed by atoms with van der Waals surface area (Å²) in [6.07, 6.45) is 6.12. The van der Waals surface area contributed by atoms with Crippen LogP contribution in [0.25, 0.3) is 0 Å². The number of amides is 1. The van der Waals surface area contributed by atoms with Crippen molar-refractivity contribution >= 4 is 11.9 Å². The molecule has 2 saturated heterocycles. The third-order valence-corrected chi connectivity index (χ3v) is 4.83. The average molecular weight is 291 g/mol. The Morgan fingerprint density at radius 1 is 1.33 bits per heavy atom. The molecule has 2 atom stereocenters. The van der Waals surface area contributed by atoms with Gasteiger partial charge in [0.05, 0.1) is 11.8 Å². The molecule has 1 amide bonds. The van der Waals surface area contributed by atoms with Gasteiger partial charge in [0.2, 0.25) is 0 Å². The molecule has 5 heteroatoms. The molecule has 1 N–H and O–H groups in total. The summed E-state index contributed by atoms with van der Waals surface area (Å²) in [6, 6.07) is 2.14. The summed E-state index contributed by atoms with van der Waals surface area (Å²) in [5, 5.41) is 8.96. The van der Waals surface area contributed by atoms with Gasteiger partial charge >= 0.3 is 5.97 Å². The highest BCUT2D eigenvalue weighted by Crippen LogP contribution is 2.41. The van der Waals surface area contributed by atoms with E-state index in [1.165, 1.54) is 0 Å². The number of nitrogens with zero attached hydrogens (tertiary/aromatic N) is 1. The van der Waals surface area contributed by atoms with Crippen LogP contribution in [-0.4, -0.2) is 34.0 Å². The largest absolute Gasteiger partial charge is 0.481 e. The molecule has 3 heterocycles. The molecule has 0 spiro atoms. The first-order chi connectivity index (χ1) is 10.1. The number of fused-ring (bicyclic) bond motifs is 2. The Morgan fingerprint density at radius 3 is 2.57 bits per heavy atom. The van der Waals surface area contributed by atoms with Crippen LogP contribution in [0.4, 0.5) is 0 Å². The number of aliphatic carboxylic acids is 1. The van der Waals surface area contributed by atoms with Gasteiger partial charge in [-0.2, -0.15) is 0 Å². The molecule has 2 aliphatic heterocycles. The summed E-state index contributed by atoms with van der Waals surface area (Å²) in [5.41, 5.74) is 0.672. The zero-order chi connectivity index (χ0) is 15.0. The molecule has 2 bridgehead atoms. The maximum Gasteiger partial charge on any atom is 0.303 e. The molecule has 3 rings (SSSR count). The molecule has 0 radical (unpaired) electrons. The second-order valence-electron chi connectivity index (χ2n) is 6.14. The van der Waals surface area contributed by atoms with Crippen LogP contribution in [0.3, 0.4) is 0 Å². The third-order valence-electron chi connectivity index (χ3n) is 4.83. The molecule has 0 aromatic carbocycles. The summed E-state index contributed by atoms with van der Waals surface area (Å²) < 4.78 is 5.37. The van der Waals surface area contributed by atoms with Gasteiger partial charge in [0.25, 0.3) is 5.91 Å². The SMILES string of the molecule is CCc1occc1C(=O)N1C2CCC1CC(CC(=O)O)C2. The molecule has 0 saturated carbocycles. The van der Waals surface area contributed by atoms with Crippen molar-refractivity contribution < 1.29 is 19.1 Å². The van der Waals surface area contributed by atoms with Gasteiger partial charge < -0.3 is 14.4 Å². The molecule has 114 valence electrons. The number of piperidine rings is 1. The second kappa shape index (κ2) is 5.54. The van der Waals surface area contributed by atoms with Crippen LogP contribution in [0.15, 0.2) is 16.7 Å². The second-order valence-corrected chi connectivity index (χ2v) is 6.14. The van der Waals surface area contributed by atoms with Crippen LogP contribution in [0, 0.1) is 5.92 Å². The minimum absolute atomic E-state index is 0.0573. The van der Waals surface area contributed by atoms with E-state index in [0.29, 0.717) is 12.0 Å². The van der Waals surface area contributed by atoms with Gasteiger partial charge in [0.1, 0.15) is 5.76 Å². The van der Waals surface area contributed by atoms with Crippen molar-refractivity contribution in [2.45, 2.75) is 57.5 Å². The van der Waals surface area contributed by atoms with E-state index >= 15 is 0 Å². The molecule has 2 unspecified atom stereocenters. The minimum atomic E-state index is -0.734. The molecular weight excluding hydrogens is 270 g/mol. The maximum atomic E-state index is 12.8. The average Bonchev–Trinajstić information content (AvgIpc) is 3.00. The zero-order valence-corrected chi connectivity index (χ0v) is 12.2. The number of hydrogen-bond acceptors (Lipinski definition) is 3. The van der Waals surface area contributed by atoms with Crippen LogP contribution in [0.1, 0.15) is 55.1 Å². The summed E-state index contributed by atoms with van der Waals surface area (Å²) in [6.45, 7) is 1.98. The fourth-order valence-corrected chi connectivity index (χ4v) is 3.98. The van der Waals surface area contributed by atoms with E-state index in [1.807, 2.05) is 11.8 Å². The first-order valence-corrected chi connectivity index (χ1v) is 7.71. The van der Waals surface area contributed by atoms with Gasteiger partial charge in [0.15, 0.2) is 0 Å². The summed E-state index contributed by atoms with van der Waals surface area (Å²) in [5.74, 6) is 0.273. The predicted octanol–water partition coefficient (Wildman–Crippen LogP) is 2.70. The molecule has 5 nitrogen and oxygen atoms in total. The van der Waals surface area contributed by atoms with Gasteiger partial charge in [-0.3, -0.25) is 9.59 Å².